The molecule has 0 aromatic heterocycles. The number of esters is 1. The molecule has 0 bridgehead atoms. The first kappa shape index (κ1) is 18.1. The van der Waals surface area contributed by atoms with Gasteiger partial charge in [-0.2, -0.15) is 0 Å². The van der Waals surface area contributed by atoms with Gasteiger partial charge in [-0.1, -0.05) is 18.2 Å². The first-order valence-corrected chi connectivity index (χ1v) is 8.10. The first-order chi connectivity index (χ1) is 8.99. The van der Waals surface area contributed by atoms with Crippen molar-refractivity contribution in [2.24, 2.45) is 0 Å². The van der Waals surface area contributed by atoms with E-state index < -0.39 is 7.60 Å². The third-order valence-corrected chi connectivity index (χ3v) is 4.02. The van der Waals surface area contributed by atoms with Crippen LogP contribution in [0.4, 0.5) is 0 Å². The monoisotopic (exact) mass is 290 g/mol. The molecular weight excluding hydrogens is 267 g/mol. The standard InChI is InChI=1S/C13H23O5P/c1-5-16-13(14)12(4)10-8-9-11-19(15,17-6-2)18-7-3/h8-10H,5-7,11H2,1-4H3/b9-8+,12-10+. The van der Waals surface area contributed by atoms with Gasteiger partial charge in [0.1, 0.15) is 0 Å². The van der Waals surface area contributed by atoms with Crippen molar-refractivity contribution < 1.29 is 23.1 Å². The van der Waals surface area contributed by atoms with Gasteiger partial charge in [0.15, 0.2) is 0 Å². The summed E-state index contributed by atoms with van der Waals surface area (Å²) in [6.07, 6.45) is 5.10. The summed E-state index contributed by atoms with van der Waals surface area (Å²) in [5, 5.41) is 0. The molecule has 0 unspecified atom stereocenters. The Labute approximate surface area is 115 Å². The van der Waals surface area contributed by atoms with Crippen molar-refractivity contribution in [3.63, 3.8) is 0 Å². The van der Waals surface area contributed by atoms with Crippen LogP contribution in [0.2, 0.25) is 0 Å². The number of hydrogen-bond donors (Lipinski definition) is 0. The molecule has 110 valence electrons. The zero-order chi connectivity index (χ0) is 14.7. The quantitative estimate of drug-likeness (QED) is 0.282. The summed E-state index contributed by atoms with van der Waals surface area (Å²) < 4.78 is 27.2. The predicted octanol–water partition coefficient (Wildman–Crippen LogP) is 3.32. The van der Waals surface area contributed by atoms with Gasteiger partial charge in [-0.3, -0.25) is 4.57 Å². The van der Waals surface area contributed by atoms with Crippen molar-refractivity contribution >= 4 is 13.6 Å². The summed E-state index contributed by atoms with van der Waals surface area (Å²) in [6, 6.07) is 0. The number of allylic oxidation sites excluding steroid dienone is 3. The van der Waals surface area contributed by atoms with Crippen LogP contribution in [0.5, 0.6) is 0 Å². The Balaban J connectivity index is 4.44. The third-order valence-electron chi connectivity index (χ3n) is 2.06. The molecule has 0 N–H and O–H groups in total. The Morgan fingerprint density at radius 3 is 2.16 bits per heavy atom. The second-order valence-corrected chi connectivity index (χ2v) is 5.73. The maximum atomic E-state index is 12.1. The molecular formula is C13H23O5P. The van der Waals surface area contributed by atoms with Crippen molar-refractivity contribution in [1.29, 1.82) is 0 Å². The molecule has 0 spiro atoms. The van der Waals surface area contributed by atoms with Crippen molar-refractivity contribution in [3.8, 4) is 0 Å². The lowest BCUT2D eigenvalue weighted by molar-refractivity contribution is -0.138. The average Bonchev–Trinajstić information content (AvgIpc) is 2.35. The Morgan fingerprint density at radius 1 is 1.11 bits per heavy atom. The fourth-order valence-corrected chi connectivity index (χ4v) is 2.70. The average molecular weight is 290 g/mol. The molecule has 0 aromatic rings. The SMILES string of the molecule is CCOC(=O)/C(C)=C/C=C/CP(=O)(OCC)OCC. The van der Waals surface area contributed by atoms with E-state index >= 15 is 0 Å². The molecule has 0 aliphatic rings. The van der Waals surface area contributed by atoms with Crippen LogP contribution < -0.4 is 0 Å². The van der Waals surface area contributed by atoms with E-state index in [9.17, 15) is 9.36 Å². The van der Waals surface area contributed by atoms with Gasteiger partial charge < -0.3 is 13.8 Å². The van der Waals surface area contributed by atoms with Crippen LogP contribution in [0.15, 0.2) is 23.8 Å². The minimum atomic E-state index is -3.05. The fourth-order valence-electron chi connectivity index (χ4n) is 1.25. The van der Waals surface area contributed by atoms with E-state index in [0.29, 0.717) is 25.4 Å². The number of ether oxygens (including phenoxy) is 1. The van der Waals surface area contributed by atoms with E-state index in [1.54, 1.807) is 45.9 Å². The van der Waals surface area contributed by atoms with E-state index in [1.807, 2.05) is 0 Å². The van der Waals surface area contributed by atoms with Crippen LogP contribution in [-0.4, -0.2) is 32.0 Å². The minimum absolute atomic E-state index is 0.182. The highest BCUT2D eigenvalue weighted by Gasteiger charge is 2.20. The maximum Gasteiger partial charge on any atom is 0.334 e. The molecule has 6 heteroatoms. The van der Waals surface area contributed by atoms with E-state index in [-0.39, 0.29) is 12.1 Å². The van der Waals surface area contributed by atoms with Crippen LogP contribution in [-0.2, 0) is 23.1 Å². The normalized spacial score (nSPS) is 12.9. The van der Waals surface area contributed by atoms with Crippen molar-refractivity contribution in [2.45, 2.75) is 27.7 Å². The van der Waals surface area contributed by atoms with Crippen molar-refractivity contribution in [2.75, 3.05) is 26.0 Å². The van der Waals surface area contributed by atoms with Gasteiger partial charge in [0, 0.05) is 5.57 Å². The molecule has 0 aliphatic carbocycles. The minimum Gasteiger partial charge on any atom is -0.463 e. The van der Waals surface area contributed by atoms with Gasteiger partial charge >= 0.3 is 13.6 Å². The lowest BCUT2D eigenvalue weighted by atomic mass is 10.3. The molecule has 0 atom stereocenters. The summed E-state index contributed by atoms with van der Waals surface area (Å²) in [5.41, 5.74) is 0.487. The molecule has 0 saturated heterocycles. The lowest BCUT2D eigenvalue weighted by Crippen LogP contribution is -2.04. The Hall–Kier alpha value is -0.900. The Kier molecular flexibility index (Phi) is 9.48. The highest BCUT2D eigenvalue weighted by Crippen LogP contribution is 2.47. The summed E-state index contributed by atoms with van der Waals surface area (Å²) in [4.78, 5) is 11.3. The number of rotatable bonds is 9. The van der Waals surface area contributed by atoms with E-state index in [2.05, 4.69) is 0 Å². The van der Waals surface area contributed by atoms with Crippen LogP contribution in [0.25, 0.3) is 0 Å². The van der Waals surface area contributed by atoms with Gasteiger partial charge in [0.25, 0.3) is 0 Å². The molecule has 0 rings (SSSR count). The number of carbonyl (C=O) groups is 1. The lowest BCUT2D eigenvalue weighted by Gasteiger charge is -2.14. The Morgan fingerprint density at radius 2 is 1.68 bits per heavy atom. The molecule has 5 nitrogen and oxygen atoms in total. The molecule has 0 radical (unpaired) electrons. The van der Waals surface area contributed by atoms with Gasteiger partial charge in [-0.05, 0) is 27.7 Å². The molecule has 0 heterocycles. The van der Waals surface area contributed by atoms with E-state index in [4.69, 9.17) is 13.8 Å². The summed E-state index contributed by atoms with van der Waals surface area (Å²) in [7, 11) is -3.05. The summed E-state index contributed by atoms with van der Waals surface area (Å²) in [5.74, 6) is -0.357. The molecule has 19 heavy (non-hydrogen) atoms. The zero-order valence-electron chi connectivity index (χ0n) is 12.0. The smallest absolute Gasteiger partial charge is 0.334 e. The molecule has 0 amide bonds. The topological polar surface area (TPSA) is 61.8 Å². The maximum absolute atomic E-state index is 12.1. The predicted molar refractivity (Wildman–Crippen MR) is 75.3 cm³/mol. The van der Waals surface area contributed by atoms with Gasteiger partial charge in [-0.25, -0.2) is 4.79 Å². The van der Waals surface area contributed by atoms with Crippen molar-refractivity contribution in [3.05, 3.63) is 23.8 Å². The summed E-state index contributed by atoms with van der Waals surface area (Å²) >= 11 is 0. The second kappa shape index (κ2) is 9.96. The van der Waals surface area contributed by atoms with Gasteiger partial charge in [0.05, 0.1) is 26.0 Å². The summed E-state index contributed by atoms with van der Waals surface area (Å²) in [6.45, 7) is 7.96. The van der Waals surface area contributed by atoms with E-state index in [0.717, 1.165) is 0 Å². The Bertz CT molecular complexity index is 363. The fraction of sp³-hybridized carbons (Fsp3) is 0.615. The van der Waals surface area contributed by atoms with Crippen LogP contribution >= 0.6 is 7.60 Å². The number of carbonyl (C=O) groups excluding carboxylic acids is 1. The molecule has 0 aliphatic heterocycles. The largest absolute Gasteiger partial charge is 0.463 e. The number of hydrogen-bond acceptors (Lipinski definition) is 5. The van der Waals surface area contributed by atoms with E-state index in [1.165, 1.54) is 0 Å². The molecule has 0 fully saturated rings. The second-order valence-electron chi connectivity index (χ2n) is 3.63. The zero-order valence-corrected chi connectivity index (χ0v) is 12.9. The van der Waals surface area contributed by atoms with Gasteiger partial charge in [0.2, 0.25) is 0 Å². The van der Waals surface area contributed by atoms with Crippen molar-refractivity contribution in [1.82, 2.24) is 0 Å². The highest BCUT2D eigenvalue weighted by atomic mass is 31.2. The molecule has 0 saturated carbocycles. The first-order valence-electron chi connectivity index (χ1n) is 6.37. The van der Waals surface area contributed by atoms with Crippen LogP contribution in [0, 0.1) is 0 Å². The highest BCUT2D eigenvalue weighted by molar-refractivity contribution is 7.54. The third kappa shape index (κ3) is 7.98. The van der Waals surface area contributed by atoms with Crippen LogP contribution in [0.3, 0.4) is 0 Å². The van der Waals surface area contributed by atoms with Gasteiger partial charge in [-0.15, -0.1) is 0 Å². The van der Waals surface area contributed by atoms with Crippen LogP contribution in [0.1, 0.15) is 27.7 Å². The molecule has 0 aromatic carbocycles.